The second-order valence-electron chi connectivity index (χ2n) is 5.25. The normalized spacial score (nSPS) is 27.6. The fourth-order valence-corrected chi connectivity index (χ4v) is 3.45. The predicted molar refractivity (Wildman–Crippen MR) is 68.9 cm³/mol. The predicted octanol–water partition coefficient (Wildman–Crippen LogP) is 3.33. The third-order valence-electron chi connectivity index (χ3n) is 4.34. The average molecular weight is 226 g/mol. The van der Waals surface area contributed by atoms with Crippen LogP contribution in [0.5, 0.6) is 0 Å². The van der Waals surface area contributed by atoms with Gasteiger partial charge >= 0.3 is 0 Å². The summed E-state index contributed by atoms with van der Waals surface area (Å²) in [5, 5.41) is 8.82. The number of nitrogens with zero attached hydrogens (tertiary/aromatic N) is 2. The molecule has 1 aromatic carbocycles. The first-order chi connectivity index (χ1) is 8.38. The van der Waals surface area contributed by atoms with Gasteiger partial charge in [-0.3, -0.25) is 0 Å². The Bertz CT molecular complexity index is 429. The average Bonchev–Trinajstić information content (AvgIpc) is 2.83. The van der Waals surface area contributed by atoms with Crippen molar-refractivity contribution >= 4 is 5.69 Å². The van der Waals surface area contributed by atoms with Crippen LogP contribution in [-0.2, 0) is 0 Å². The highest BCUT2D eigenvalue weighted by atomic mass is 15.2. The van der Waals surface area contributed by atoms with Crippen molar-refractivity contribution in [2.45, 2.75) is 38.1 Å². The zero-order valence-corrected chi connectivity index (χ0v) is 10.1. The Balaban J connectivity index is 1.81. The van der Waals surface area contributed by atoms with Gasteiger partial charge in [-0.2, -0.15) is 5.26 Å². The summed E-state index contributed by atoms with van der Waals surface area (Å²) in [6.45, 7) is 1.20. The SMILES string of the molecule is N#Cc1ccc(N2CCC3CCCCC32)cc1. The van der Waals surface area contributed by atoms with Crippen LogP contribution in [0.15, 0.2) is 24.3 Å². The van der Waals surface area contributed by atoms with E-state index in [9.17, 15) is 0 Å². The highest BCUT2D eigenvalue weighted by Crippen LogP contribution is 2.38. The molecule has 2 nitrogen and oxygen atoms in total. The lowest BCUT2D eigenvalue weighted by molar-refractivity contribution is 0.342. The fourth-order valence-electron chi connectivity index (χ4n) is 3.45. The van der Waals surface area contributed by atoms with Crippen molar-refractivity contribution in [2.24, 2.45) is 5.92 Å². The Hall–Kier alpha value is -1.49. The van der Waals surface area contributed by atoms with Crippen LogP contribution in [0.1, 0.15) is 37.7 Å². The molecule has 0 spiro atoms. The van der Waals surface area contributed by atoms with Crippen LogP contribution in [0.2, 0.25) is 0 Å². The van der Waals surface area contributed by atoms with E-state index in [0.29, 0.717) is 0 Å². The fraction of sp³-hybridized carbons (Fsp3) is 0.533. The molecule has 88 valence electrons. The summed E-state index contributed by atoms with van der Waals surface area (Å²) in [5.74, 6) is 0.916. The highest BCUT2D eigenvalue weighted by Gasteiger charge is 2.35. The minimum absolute atomic E-state index is 0.758. The molecule has 0 radical (unpaired) electrons. The summed E-state index contributed by atoms with van der Waals surface area (Å²) in [5.41, 5.74) is 2.06. The van der Waals surface area contributed by atoms with E-state index in [4.69, 9.17) is 5.26 Å². The molecule has 1 aromatic rings. The summed E-state index contributed by atoms with van der Waals surface area (Å²) in [6.07, 6.45) is 6.92. The molecule has 1 saturated carbocycles. The molecule has 1 aliphatic heterocycles. The van der Waals surface area contributed by atoms with Gasteiger partial charge in [0.25, 0.3) is 0 Å². The zero-order chi connectivity index (χ0) is 11.7. The maximum Gasteiger partial charge on any atom is 0.0991 e. The molecule has 0 bridgehead atoms. The molecule has 0 amide bonds. The number of hydrogen-bond donors (Lipinski definition) is 0. The van der Waals surface area contributed by atoms with Crippen LogP contribution >= 0.6 is 0 Å². The molecule has 0 N–H and O–H groups in total. The first-order valence-corrected chi connectivity index (χ1v) is 6.65. The van der Waals surface area contributed by atoms with Gasteiger partial charge in [0.1, 0.15) is 0 Å². The van der Waals surface area contributed by atoms with Crippen LogP contribution in [0.25, 0.3) is 0 Å². The van der Waals surface area contributed by atoms with Gasteiger partial charge in [0.15, 0.2) is 0 Å². The van der Waals surface area contributed by atoms with E-state index in [2.05, 4.69) is 23.1 Å². The topological polar surface area (TPSA) is 27.0 Å². The Kier molecular flexibility index (Phi) is 2.76. The summed E-state index contributed by atoms with van der Waals surface area (Å²) in [7, 11) is 0. The number of anilines is 1. The summed E-state index contributed by atoms with van der Waals surface area (Å²) in [6, 6.07) is 11.0. The van der Waals surface area contributed by atoms with Gasteiger partial charge in [-0.1, -0.05) is 12.8 Å². The van der Waals surface area contributed by atoms with Gasteiger partial charge in [0, 0.05) is 18.3 Å². The molecule has 2 fully saturated rings. The molecule has 1 aliphatic carbocycles. The second-order valence-corrected chi connectivity index (χ2v) is 5.25. The van der Waals surface area contributed by atoms with Crippen molar-refractivity contribution < 1.29 is 0 Å². The van der Waals surface area contributed by atoms with E-state index in [1.54, 1.807) is 0 Å². The smallest absolute Gasteiger partial charge is 0.0991 e. The molecule has 2 atom stereocenters. The van der Waals surface area contributed by atoms with Gasteiger partial charge in [-0.25, -0.2) is 0 Å². The van der Waals surface area contributed by atoms with Crippen molar-refractivity contribution in [3.05, 3.63) is 29.8 Å². The minimum atomic E-state index is 0.758. The van der Waals surface area contributed by atoms with Crippen molar-refractivity contribution in [3.63, 3.8) is 0 Å². The van der Waals surface area contributed by atoms with Crippen molar-refractivity contribution in [1.82, 2.24) is 0 Å². The Labute approximate surface area is 103 Å². The van der Waals surface area contributed by atoms with Crippen LogP contribution in [0, 0.1) is 17.2 Å². The zero-order valence-electron chi connectivity index (χ0n) is 10.1. The molecule has 2 unspecified atom stereocenters. The van der Waals surface area contributed by atoms with E-state index in [-0.39, 0.29) is 0 Å². The highest BCUT2D eigenvalue weighted by molar-refractivity contribution is 5.51. The molecule has 2 aliphatic rings. The van der Waals surface area contributed by atoms with Crippen molar-refractivity contribution in [1.29, 1.82) is 5.26 Å². The maximum absolute atomic E-state index is 8.82. The molecule has 1 saturated heterocycles. The van der Waals surface area contributed by atoms with Gasteiger partial charge < -0.3 is 4.90 Å². The number of rotatable bonds is 1. The van der Waals surface area contributed by atoms with Crippen LogP contribution in [-0.4, -0.2) is 12.6 Å². The lowest BCUT2D eigenvalue weighted by Crippen LogP contribution is -2.34. The monoisotopic (exact) mass is 226 g/mol. The van der Waals surface area contributed by atoms with Crippen LogP contribution in [0.4, 0.5) is 5.69 Å². The maximum atomic E-state index is 8.82. The van der Waals surface area contributed by atoms with Gasteiger partial charge in [0.2, 0.25) is 0 Å². The first kappa shape index (κ1) is 10.7. The second kappa shape index (κ2) is 4.41. The molecular weight excluding hydrogens is 208 g/mol. The van der Waals surface area contributed by atoms with E-state index < -0.39 is 0 Å². The Morgan fingerprint density at radius 2 is 1.82 bits per heavy atom. The first-order valence-electron chi connectivity index (χ1n) is 6.65. The lowest BCUT2D eigenvalue weighted by Gasteiger charge is -2.33. The van der Waals surface area contributed by atoms with Crippen molar-refractivity contribution in [3.8, 4) is 6.07 Å². The third-order valence-corrected chi connectivity index (χ3v) is 4.34. The third kappa shape index (κ3) is 1.91. The van der Waals surface area contributed by atoms with Crippen molar-refractivity contribution in [2.75, 3.05) is 11.4 Å². The van der Waals surface area contributed by atoms with Gasteiger partial charge in [-0.05, 0) is 49.4 Å². The van der Waals surface area contributed by atoms with Crippen LogP contribution < -0.4 is 4.90 Å². The molecule has 0 aromatic heterocycles. The molecule has 3 rings (SSSR count). The van der Waals surface area contributed by atoms with Crippen LogP contribution in [0.3, 0.4) is 0 Å². The van der Waals surface area contributed by atoms with E-state index in [1.807, 2.05) is 12.1 Å². The van der Waals surface area contributed by atoms with E-state index >= 15 is 0 Å². The standard InChI is InChI=1S/C15H18N2/c16-11-12-5-7-14(8-6-12)17-10-9-13-3-1-2-4-15(13)17/h5-8,13,15H,1-4,9-10H2. The van der Waals surface area contributed by atoms with Gasteiger partial charge in [0.05, 0.1) is 11.6 Å². The quantitative estimate of drug-likeness (QED) is 0.734. The molecule has 1 heterocycles. The Morgan fingerprint density at radius 1 is 1.06 bits per heavy atom. The molecular formula is C15H18N2. The number of nitriles is 1. The largest absolute Gasteiger partial charge is 0.368 e. The molecule has 17 heavy (non-hydrogen) atoms. The number of hydrogen-bond acceptors (Lipinski definition) is 2. The van der Waals surface area contributed by atoms with E-state index in [0.717, 1.165) is 17.5 Å². The summed E-state index contributed by atoms with van der Waals surface area (Å²) >= 11 is 0. The summed E-state index contributed by atoms with van der Waals surface area (Å²) < 4.78 is 0. The number of benzene rings is 1. The molecule has 2 heteroatoms. The minimum Gasteiger partial charge on any atom is -0.368 e. The summed E-state index contributed by atoms with van der Waals surface area (Å²) in [4.78, 5) is 2.56. The van der Waals surface area contributed by atoms with Gasteiger partial charge in [-0.15, -0.1) is 0 Å². The number of fused-ring (bicyclic) bond motifs is 1. The Morgan fingerprint density at radius 3 is 2.59 bits per heavy atom. The lowest BCUT2D eigenvalue weighted by atomic mass is 9.85. The van der Waals surface area contributed by atoms with E-state index in [1.165, 1.54) is 44.3 Å².